The number of anilines is 1. The van der Waals surface area contributed by atoms with Gasteiger partial charge >= 0.3 is 5.97 Å². The zero-order valence-corrected chi connectivity index (χ0v) is 12.5. The molecule has 118 valence electrons. The first-order valence-electron chi connectivity index (χ1n) is 7.22. The summed E-state index contributed by atoms with van der Waals surface area (Å²) < 4.78 is 1.57. The number of carbonyl (C=O) groups is 1. The normalized spacial score (nSPS) is 12.3. The van der Waals surface area contributed by atoms with Gasteiger partial charge in [0, 0.05) is 17.4 Å². The summed E-state index contributed by atoms with van der Waals surface area (Å²) in [4.78, 5) is 15.9. The van der Waals surface area contributed by atoms with Crippen LogP contribution in [0.4, 0.5) is 5.69 Å². The molecular formula is C16H16N4O3. The van der Waals surface area contributed by atoms with Crippen molar-refractivity contribution in [1.82, 2.24) is 14.6 Å². The molecule has 1 atom stereocenters. The van der Waals surface area contributed by atoms with Crippen molar-refractivity contribution in [3.8, 4) is 11.3 Å². The monoisotopic (exact) mass is 312 g/mol. The standard InChI is InChI=1S/C16H16N4O3/c1-2-14(21)19-11-6-3-5-10(16(22)23)15(11)12-9-17-13-7-4-8-18-20(12)13/h3-9,14,19,21H,2H2,1H3,(H,22,23). The second-order valence-corrected chi connectivity index (χ2v) is 5.04. The van der Waals surface area contributed by atoms with Crippen molar-refractivity contribution in [2.75, 3.05) is 5.32 Å². The van der Waals surface area contributed by atoms with Gasteiger partial charge in [0.05, 0.1) is 17.5 Å². The third-order valence-electron chi connectivity index (χ3n) is 3.54. The Hall–Kier alpha value is -2.93. The van der Waals surface area contributed by atoms with E-state index in [1.165, 1.54) is 6.07 Å². The Morgan fingerprint density at radius 1 is 1.35 bits per heavy atom. The number of aromatic nitrogens is 3. The highest BCUT2D eigenvalue weighted by molar-refractivity contribution is 5.99. The molecule has 0 saturated heterocycles. The topological polar surface area (TPSA) is 99.8 Å². The van der Waals surface area contributed by atoms with Crippen molar-refractivity contribution in [2.45, 2.75) is 19.6 Å². The number of benzene rings is 1. The number of aliphatic hydroxyl groups excluding tert-OH is 1. The minimum absolute atomic E-state index is 0.116. The fraction of sp³-hybridized carbons (Fsp3) is 0.188. The summed E-state index contributed by atoms with van der Waals surface area (Å²) in [7, 11) is 0. The third kappa shape index (κ3) is 2.74. The van der Waals surface area contributed by atoms with Crippen molar-refractivity contribution in [3.63, 3.8) is 0 Å². The molecule has 7 heteroatoms. The fourth-order valence-corrected chi connectivity index (χ4v) is 2.41. The molecule has 1 aromatic carbocycles. The fourth-order valence-electron chi connectivity index (χ4n) is 2.41. The summed E-state index contributed by atoms with van der Waals surface area (Å²) >= 11 is 0. The van der Waals surface area contributed by atoms with Crippen LogP contribution < -0.4 is 5.32 Å². The minimum atomic E-state index is -1.06. The van der Waals surface area contributed by atoms with Crippen molar-refractivity contribution in [3.05, 3.63) is 48.3 Å². The summed E-state index contributed by atoms with van der Waals surface area (Å²) in [5.41, 5.74) is 2.24. The molecule has 0 bridgehead atoms. The average Bonchev–Trinajstić information content (AvgIpc) is 2.98. The number of carboxylic acids is 1. The van der Waals surface area contributed by atoms with E-state index in [2.05, 4.69) is 15.4 Å². The van der Waals surface area contributed by atoms with Gasteiger partial charge in [0.25, 0.3) is 0 Å². The van der Waals surface area contributed by atoms with Gasteiger partial charge in [0.15, 0.2) is 5.65 Å². The first-order chi connectivity index (χ1) is 11.1. The molecule has 7 nitrogen and oxygen atoms in total. The zero-order valence-electron chi connectivity index (χ0n) is 12.5. The highest BCUT2D eigenvalue weighted by atomic mass is 16.4. The van der Waals surface area contributed by atoms with Gasteiger partial charge in [0.2, 0.25) is 0 Å². The summed E-state index contributed by atoms with van der Waals surface area (Å²) in [6.45, 7) is 1.83. The lowest BCUT2D eigenvalue weighted by atomic mass is 10.0. The van der Waals surface area contributed by atoms with Gasteiger partial charge in [-0.1, -0.05) is 13.0 Å². The van der Waals surface area contributed by atoms with Crippen molar-refractivity contribution in [1.29, 1.82) is 0 Å². The van der Waals surface area contributed by atoms with Crippen LogP contribution in [0.3, 0.4) is 0 Å². The number of fused-ring (bicyclic) bond motifs is 1. The highest BCUT2D eigenvalue weighted by Crippen LogP contribution is 2.32. The largest absolute Gasteiger partial charge is 0.478 e. The minimum Gasteiger partial charge on any atom is -0.478 e. The molecule has 0 fully saturated rings. The van der Waals surface area contributed by atoms with E-state index in [4.69, 9.17) is 0 Å². The lowest BCUT2D eigenvalue weighted by Crippen LogP contribution is -2.18. The van der Waals surface area contributed by atoms with E-state index in [9.17, 15) is 15.0 Å². The molecule has 3 rings (SSSR count). The van der Waals surface area contributed by atoms with Crippen LogP contribution >= 0.6 is 0 Å². The number of hydrogen-bond acceptors (Lipinski definition) is 5. The Kier molecular flexibility index (Phi) is 3.94. The SMILES string of the molecule is CCC(O)Nc1cccc(C(=O)O)c1-c1cnc2cccnn12. The lowest BCUT2D eigenvalue weighted by molar-refractivity contribution is 0.0697. The van der Waals surface area contributed by atoms with Crippen molar-refractivity contribution in [2.24, 2.45) is 0 Å². The van der Waals surface area contributed by atoms with E-state index in [1.54, 1.807) is 41.2 Å². The third-order valence-corrected chi connectivity index (χ3v) is 3.54. The molecule has 0 aliphatic carbocycles. The van der Waals surface area contributed by atoms with Gasteiger partial charge in [-0.05, 0) is 30.7 Å². The van der Waals surface area contributed by atoms with E-state index in [1.807, 2.05) is 6.92 Å². The molecule has 0 spiro atoms. The Labute approximate surface area is 132 Å². The van der Waals surface area contributed by atoms with Crippen LogP contribution in [0.2, 0.25) is 0 Å². The Morgan fingerprint density at radius 3 is 2.91 bits per heavy atom. The predicted octanol–water partition coefficient (Wildman–Crippen LogP) is 2.23. The Morgan fingerprint density at radius 2 is 2.17 bits per heavy atom. The summed E-state index contributed by atoms with van der Waals surface area (Å²) in [5.74, 6) is -1.06. The molecule has 23 heavy (non-hydrogen) atoms. The zero-order chi connectivity index (χ0) is 16.4. The molecule has 0 amide bonds. The van der Waals surface area contributed by atoms with E-state index >= 15 is 0 Å². The average molecular weight is 312 g/mol. The van der Waals surface area contributed by atoms with Crippen LogP contribution in [-0.2, 0) is 0 Å². The molecule has 0 aliphatic rings. The second kappa shape index (κ2) is 6.05. The van der Waals surface area contributed by atoms with E-state index in [0.717, 1.165) is 0 Å². The molecule has 3 aromatic rings. The number of carboxylic acid groups (broad SMARTS) is 1. The maximum Gasteiger partial charge on any atom is 0.336 e. The summed E-state index contributed by atoms with van der Waals surface area (Å²) in [6.07, 6.45) is 2.90. The number of hydrogen-bond donors (Lipinski definition) is 3. The van der Waals surface area contributed by atoms with Crippen LogP contribution in [-0.4, -0.2) is 37.0 Å². The molecular weight excluding hydrogens is 296 g/mol. The first-order valence-corrected chi connectivity index (χ1v) is 7.22. The molecule has 0 radical (unpaired) electrons. The number of nitrogens with one attached hydrogen (secondary N) is 1. The Balaban J connectivity index is 2.25. The second-order valence-electron chi connectivity index (χ2n) is 5.04. The number of rotatable bonds is 5. The van der Waals surface area contributed by atoms with E-state index < -0.39 is 12.2 Å². The highest BCUT2D eigenvalue weighted by Gasteiger charge is 2.20. The Bertz CT molecular complexity index is 859. The number of aliphatic hydroxyl groups is 1. The van der Waals surface area contributed by atoms with Gasteiger partial charge in [-0.2, -0.15) is 5.10 Å². The van der Waals surface area contributed by atoms with Crippen LogP contribution in [0.25, 0.3) is 16.9 Å². The van der Waals surface area contributed by atoms with Gasteiger partial charge in [-0.15, -0.1) is 0 Å². The van der Waals surface area contributed by atoms with Crippen LogP contribution in [0.15, 0.2) is 42.7 Å². The number of imidazole rings is 1. The van der Waals surface area contributed by atoms with Crippen molar-refractivity contribution < 1.29 is 15.0 Å². The maximum absolute atomic E-state index is 11.6. The summed E-state index contributed by atoms with van der Waals surface area (Å²) in [5, 5.41) is 26.6. The van der Waals surface area contributed by atoms with Gasteiger partial charge in [-0.25, -0.2) is 14.3 Å². The molecule has 2 heterocycles. The molecule has 0 aliphatic heterocycles. The van der Waals surface area contributed by atoms with Gasteiger partial charge in [0.1, 0.15) is 6.23 Å². The van der Waals surface area contributed by atoms with Gasteiger partial charge in [-0.3, -0.25) is 0 Å². The van der Waals surface area contributed by atoms with E-state index in [-0.39, 0.29) is 5.56 Å². The van der Waals surface area contributed by atoms with Gasteiger partial charge < -0.3 is 15.5 Å². The van der Waals surface area contributed by atoms with Crippen LogP contribution in [0.5, 0.6) is 0 Å². The quantitative estimate of drug-likeness (QED) is 0.625. The number of nitrogens with zero attached hydrogens (tertiary/aromatic N) is 3. The van der Waals surface area contributed by atoms with Crippen LogP contribution in [0.1, 0.15) is 23.7 Å². The smallest absolute Gasteiger partial charge is 0.336 e. The van der Waals surface area contributed by atoms with E-state index in [0.29, 0.717) is 29.0 Å². The summed E-state index contributed by atoms with van der Waals surface area (Å²) in [6, 6.07) is 8.42. The maximum atomic E-state index is 11.6. The molecule has 0 saturated carbocycles. The molecule has 3 N–H and O–H groups in total. The van der Waals surface area contributed by atoms with Crippen molar-refractivity contribution >= 4 is 17.3 Å². The van der Waals surface area contributed by atoms with Crippen LogP contribution in [0, 0.1) is 0 Å². The lowest BCUT2D eigenvalue weighted by Gasteiger charge is -2.17. The number of aromatic carboxylic acids is 1. The predicted molar refractivity (Wildman–Crippen MR) is 85.3 cm³/mol. The molecule has 1 unspecified atom stereocenters. The first kappa shape index (κ1) is 15.0. The molecule has 2 aromatic heterocycles.